The second-order valence-corrected chi connectivity index (χ2v) is 11.4. The maximum atomic E-state index is 14.0. The molecule has 1 heterocycles. The molecule has 210 valence electrons. The summed E-state index contributed by atoms with van der Waals surface area (Å²) in [6.07, 6.45) is 9.51. The van der Waals surface area contributed by atoms with Crippen LogP contribution in [0.1, 0.15) is 61.6 Å². The predicted octanol–water partition coefficient (Wildman–Crippen LogP) is 4.34. The lowest BCUT2D eigenvalue weighted by Gasteiger charge is -2.33. The number of carbonyl (C=O) groups is 4. The first-order valence-corrected chi connectivity index (χ1v) is 14.6. The zero-order valence-corrected chi connectivity index (χ0v) is 23.3. The molecule has 0 spiro atoms. The summed E-state index contributed by atoms with van der Waals surface area (Å²) in [6.45, 7) is 2.31. The van der Waals surface area contributed by atoms with Crippen LogP contribution in [-0.4, -0.2) is 52.1 Å². The van der Waals surface area contributed by atoms with E-state index in [1.54, 1.807) is 4.90 Å². The van der Waals surface area contributed by atoms with Crippen molar-refractivity contribution in [1.29, 1.82) is 0 Å². The average Bonchev–Trinajstić information content (AvgIpc) is 3.57. The fourth-order valence-electron chi connectivity index (χ4n) is 6.33. The van der Waals surface area contributed by atoms with Crippen LogP contribution in [-0.2, 0) is 32.1 Å². The van der Waals surface area contributed by atoms with Crippen LogP contribution in [0.25, 0.3) is 0 Å². The summed E-state index contributed by atoms with van der Waals surface area (Å²) >= 11 is 0. The molecule has 3 atom stereocenters. The van der Waals surface area contributed by atoms with Gasteiger partial charge in [0.2, 0.25) is 23.6 Å². The highest BCUT2D eigenvalue weighted by atomic mass is 16.2. The Bertz CT molecular complexity index is 1240. The normalized spacial score (nSPS) is 21.4. The molecule has 4 amide bonds. The van der Waals surface area contributed by atoms with E-state index in [4.69, 9.17) is 0 Å². The Balaban J connectivity index is 1.39. The minimum Gasteiger partial charge on any atom is -0.352 e. The fraction of sp³-hybridized carbons (Fsp3) is 0.455. The van der Waals surface area contributed by atoms with Gasteiger partial charge >= 0.3 is 0 Å². The Hall–Kier alpha value is -3.74. The van der Waals surface area contributed by atoms with E-state index in [9.17, 15) is 19.2 Å². The van der Waals surface area contributed by atoms with Crippen molar-refractivity contribution in [1.82, 2.24) is 15.1 Å². The van der Waals surface area contributed by atoms with E-state index in [1.807, 2.05) is 73.7 Å². The molecule has 3 aliphatic rings. The molecule has 0 unspecified atom stereocenters. The number of hydrogen-bond donors (Lipinski definition) is 1. The maximum absolute atomic E-state index is 14.0. The molecule has 2 aromatic rings. The van der Waals surface area contributed by atoms with Gasteiger partial charge in [0.05, 0.1) is 11.8 Å². The van der Waals surface area contributed by atoms with Crippen molar-refractivity contribution in [2.24, 2.45) is 11.8 Å². The van der Waals surface area contributed by atoms with Gasteiger partial charge in [-0.15, -0.1) is 0 Å². The van der Waals surface area contributed by atoms with E-state index in [-0.39, 0.29) is 61.0 Å². The number of likely N-dealkylation sites (tertiary alicyclic amines) is 1. The van der Waals surface area contributed by atoms with Gasteiger partial charge in [-0.1, -0.05) is 79.6 Å². The van der Waals surface area contributed by atoms with Crippen molar-refractivity contribution < 1.29 is 19.2 Å². The number of nitrogens with one attached hydrogen (secondary N) is 1. The lowest BCUT2D eigenvalue weighted by molar-refractivity contribution is -0.144. The van der Waals surface area contributed by atoms with Crippen LogP contribution in [0.3, 0.4) is 0 Å². The van der Waals surface area contributed by atoms with E-state index in [1.165, 1.54) is 4.90 Å². The molecule has 5 rings (SSSR count). The SMILES string of the molecule is Cc1ccccc1CN(C(=O)CCN1C(=O)[C@H]2CC=CC[C@H]2C1=O)[C@H](Cc1ccccc1)C(=O)NC1CCCC1. The minimum absolute atomic E-state index is 0.0156. The summed E-state index contributed by atoms with van der Waals surface area (Å²) in [7, 11) is 0. The van der Waals surface area contributed by atoms with E-state index >= 15 is 0 Å². The standard InChI is InChI=1S/C33H39N3O4/c1-23-11-5-6-14-25(23)22-36(30(37)19-20-35-32(39)27-17-9-10-18-28(27)33(35)40)29(21-24-12-3-2-4-13-24)31(38)34-26-15-7-8-16-26/h2-6,9-14,26-29H,7-8,15-22H2,1H3,(H,34,38)/t27-,28+,29-/m1/s1. The van der Waals surface area contributed by atoms with Gasteiger partial charge in [-0.3, -0.25) is 24.1 Å². The molecule has 7 heteroatoms. The van der Waals surface area contributed by atoms with E-state index < -0.39 is 6.04 Å². The average molecular weight is 542 g/mol. The summed E-state index contributed by atoms with van der Waals surface area (Å²) in [4.78, 5) is 56.8. The van der Waals surface area contributed by atoms with E-state index in [0.29, 0.717) is 19.3 Å². The van der Waals surface area contributed by atoms with Crippen molar-refractivity contribution in [3.63, 3.8) is 0 Å². The van der Waals surface area contributed by atoms with Crippen LogP contribution in [0.2, 0.25) is 0 Å². The van der Waals surface area contributed by atoms with E-state index in [0.717, 1.165) is 42.4 Å². The molecule has 0 bridgehead atoms. The summed E-state index contributed by atoms with van der Waals surface area (Å²) in [5.41, 5.74) is 2.97. The van der Waals surface area contributed by atoms with Crippen molar-refractivity contribution in [3.05, 3.63) is 83.4 Å². The summed E-state index contributed by atoms with van der Waals surface area (Å²) in [5.74, 6) is -1.39. The smallest absolute Gasteiger partial charge is 0.243 e. The van der Waals surface area contributed by atoms with Gasteiger partial charge in [-0.2, -0.15) is 0 Å². The maximum Gasteiger partial charge on any atom is 0.243 e. The van der Waals surface area contributed by atoms with Crippen molar-refractivity contribution in [2.45, 2.75) is 76.9 Å². The topological polar surface area (TPSA) is 86.8 Å². The number of allylic oxidation sites excluding steroid dienone is 2. The highest BCUT2D eigenvalue weighted by Gasteiger charge is 2.47. The molecule has 1 aliphatic heterocycles. The molecular weight excluding hydrogens is 502 g/mol. The highest BCUT2D eigenvalue weighted by molar-refractivity contribution is 6.05. The second kappa shape index (κ2) is 12.6. The first-order chi connectivity index (χ1) is 19.4. The number of benzene rings is 2. The molecule has 2 aliphatic carbocycles. The van der Waals surface area contributed by atoms with Crippen LogP contribution < -0.4 is 5.32 Å². The van der Waals surface area contributed by atoms with Crippen LogP contribution in [0, 0.1) is 18.8 Å². The summed E-state index contributed by atoms with van der Waals surface area (Å²) in [6, 6.07) is 17.0. The Kier molecular flexibility index (Phi) is 8.78. The van der Waals surface area contributed by atoms with Crippen molar-refractivity contribution in [2.75, 3.05) is 6.54 Å². The molecule has 0 radical (unpaired) electrons. The third-order valence-electron chi connectivity index (χ3n) is 8.72. The third-order valence-corrected chi connectivity index (χ3v) is 8.72. The van der Waals surface area contributed by atoms with Crippen LogP contribution in [0.4, 0.5) is 0 Å². The summed E-state index contributed by atoms with van der Waals surface area (Å²) < 4.78 is 0. The molecule has 2 aromatic carbocycles. The van der Waals surface area contributed by atoms with Crippen molar-refractivity contribution >= 4 is 23.6 Å². The van der Waals surface area contributed by atoms with Gasteiger partial charge in [0.1, 0.15) is 6.04 Å². The van der Waals surface area contributed by atoms with Crippen molar-refractivity contribution in [3.8, 4) is 0 Å². The Morgan fingerprint density at radius 3 is 2.20 bits per heavy atom. The largest absolute Gasteiger partial charge is 0.352 e. The Morgan fingerprint density at radius 2 is 1.55 bits per heavy atom. The Labute approximate surface area is 236 Å². The Morgan fingerprint density at radius 1 is 0.925 bits per heavy atom. The summed E-state index contributed by atoms with van der Waals surface area (Å²) in [5, 5.41) is 3.22. The number of carbonyl (C=O) groups excluding carboxylic acids is 4. The number of nitrogens with zero attached hydrogens (tertiary/aromatic N) is 2. The molecule has 7 nitrogen and oxygen atoms in total. The zero-order chi connectivity index (χ0) is 28.1. The molecule has 2 fully saturated rings. The van der Waals surface area contributed by atoms with Gasteiger partial charge in [0.25, 0.3) is 0 Å². The van der Waals surface area contributed by atoms with Crippen LogP contribution >= 0.6 is 0 Å². The monoisotopic (exact) mass is 541 g/mol. The molecular formula is C33H39N3O4. The highest BCUT2D eigenvalue weighted by Crippen LogP contribution is 2.35. The number of imide groups is 1. The van der Waals surface area contributed by atoms with Gasteiger partial charge in [0.15, 0.2) is 0 Å². The van der Waals surface area contributed by atoms with Gasteiger partial charge in [0, 0.05) is 32.0 Å². The van der Waals surface area contributed by atoms with Gasteiger partial charge in [-0.25, -0.2) is 0 Å². The lowest BCUT2D eigenvalue weighted by Crippen LogP contribution is -2.52. The molecule has 0 aromatic heterocycles. The number of amides is 4. The lowest BCUT2D eigenvalue weighted by atomic mass is 9.85. The van der Waals surface area contributed by atoms with Crippen LogP contribution in [0.5, 0.6) is 0 Å². The number of rotatable bonds is 10. The second-order valence-electron chi connectivity index (χ2n) is 11.4. The predicted molar refractivity (Wildman–Crippen MR) is 153 cm³/mol. The number of fused-ring (bicyclic) bond motifs is 1. The first kappa shape index (κ1) is 27.8. The fourth-order valence-corrected chi connectivity index (χ4v) is 6.33. The quantitative estimate of drug-likeness (QED) is 0.358. The molecule has 1 saturated heterocycles. The molecule has 40 heavy (non-hydrogen) atoms. The van der Waals surface area contributed by atoms with Crippen LogP contribution in [0.15, 0.2) is 66.7 Å². The first-order valence-electron chi connectivity index (χ1n) is 14.6. The minimum atomic E-state index is -0.716. The van der Waals surface area contributed by atoms with Gasteiger partial charge in [-0.05, 0) is 49.3 Å². The van der Waals surface area contributed by atoms with Gasteiger partial charge < -0.3 is 10.2 Å². The number of aryl methyl sites for hydroxylation is 1. The molecule has 1 saturated carbocycles. The third kappa shape index (κ3) is 6.19. The zero-order valence-electron chi connectivity index (χ0n) is 23.3. The number of hydrogen-bond acceptors (Lipinski definition) is 4. The van der Waals surface area contributed by atoms with E-state index in [2.05, 4.69) is 5.32 Å². The molecule has 1 N–H and O–H groups in total.